The van der Waals surface area contributed by atoms with Gasteiger partial charge < -0.3 is 4.74 Å². The third-order valence-electron chi connectivity index (χ3n) is 3.46. The Labute approximate surface area is 111 Å². The van der Waals surface area contributed by atoms with Gasteiger partial charge in [-0.15, -0.1) is 0 Å². The molecule has 0 unspecified atom stereocenters. The Balaban J connectivity index is 2.06. The minimum Gasteiger partial charge on any atom is -0.381 e. The van der Waals surface area contributed by atoms with Gasteiger partial charge in [0, 0.05) is 37.2 Å². The average Bonchev–Trinajstić information content (AvgIpc) is 2.84. The highest BCUT2D eigenvalue weighted by atomic mass is 79.9. The van der Waals surface area contributed by atoms with Gasteiger partial charge in [0.2, 0.25) is 0 Å². The van der Waals surface area contributed by atoms with Gasteiger partial charge in [0.05, 0.1) is 0 Å². The molecule has 0 amide bonds. The number of nitrogens with one attached hydrogen (secondary N) is 1. The van der Waals surface area contributed by atoms with Crippen molar-refractivity contribution in [2.75, 3.05) is 31.6 Å². The Kier molecular flexibility index (Phi) is 4.46. The SMILES string of the molecule is O=S(=O)(NC1(CBr)CCOCC1)N1CCCC1. The van der Waals surface area contributed by atoms with Crippen molar-refractivity contribution in [3.63, 3.8) is 0 Å². The molecular weight excluding hydrogens is 308 g/mol. The van der Waals surface area contributed by atoms with Crippen LogP contribution >= 0.6 is 15.9 Å². The molecule has 0 saturated carbocycles. The molecule has 100 valence electrons. The van der Waals surface area contributed by atoms with E-state index in [0.717, 1.165) is 25.7 Å². The third-order valence-corrected chi connectivity index (χ3v) is 6.27. The normalized spacial score (nSPS) is 26.2. The Morgan fingerprint density at radius 2 is 1.82 bits per heavy atom. The van der Waals surface area contributed by atoms with Gasteiger partial charge in [0.1, 0.15) is 0 Å². The van der Waals surface area contributed by atoms with E-state index in [2.05, 4.69) is 20.7 Å². The van der Waals surface area contributed by atoms with Crippen LogP contribution < -0.4 is 4.72 Å². The summed E-state index contributed by atoms with van der Waals surface area (Å²) in [5, 5.41) is 0.635. The van der Waals surface area contributed by atoms with Crippen molar-refractivity contribution in [1.82, 2.24) is 9.03 Å². The molecule has 0 aromatic heterocycles. The number of alkyl halides is 1. The van der Waals surface area contributed by atoms with Crippen LogP contribution in [0.4, 0.5) is 0 Å². The lowest BCUT2D eigenvalue weighted by molar-refractivity contribution is 0.0552. The fourth-order valence-corrected chi connectivity index (χ4v) is 4.87. The molecule has 2 heterocycles. The second-order valence-corrected chi connectivity index (χ2v) is 6.97. The smallest absolute Gasteiger partial charge is 0.279 e. The molecule has 2 rings (SSSR count). The summed E-state index contributed by atoms with van der Waals surface area (Å²) in [6, 6.07) is 0. The van der Waals surface area contributed by atoms with Crippen molar-refractivity contribution in [3.05, 3.63) is 0 Å². The van der Waals surface area contributed by atoms with Gasteiger partial charge in [-0.2, -0.15) is 17.4 Å². The molecule has 0 bridgehead atoms. The Bertz CT molecular complexity index is 349. The minimum absolute atomic E-state index is 0.375. The van der Waals surface area contributed by atoms with E-state index in [9.17, 15) is 8.42 Å². The number of rotatable bonds is 4. The summed E-state index contributed by atoms with van der Waals surface area (Å²) in [4.78, 5) is 0. The Hall–Kier alpha value is 0.310. The zero-order valence-corrected chi connectivity index (χ0v) is 12.2. The molecule has 17 heavy (non-hydrogen) atoms. The topological polar surface area (TPSA) is 58.6 Å². The highest BCUT2D eigenvalue weighted by Crippen LogP contribution is 2.25. The van der Waals surface area contributed by atoms with E-state index in [1.807, 2.05) is 0 Å². The van der Waals surface area contributed by atoms with Crippen molar-refractivity contribution in [1.29, 1.82) is 0 Å². The summed E-state index contributed by atoms with van der Waals surface area (Å²) in [6.45, 7) is 2.52. The molecule has 5 nitrogen and oxygen atoms in total. The second-order valence-electron chi connectivity index (χ2n) is 4.74. The van der Waals surface area contributed by atoms with E-state index >= 15 is 0 Å². The molecule has 0 aromatic carbocycles. The van der Waals surface area contributed by atoms with Gasteiger partial charge in [0.15, 0.2) is 0 Å². The fraction of sp³-hybridized carbons (Fsp3) is 1.00. The molecule has 0 spiro atoms. The molecule has 0 atom stereocenters. The second kappa shape index (κ2) is 5.52. The standard InChI is InChI=1S/C10H19BrN2O3S/c11-9-10(3-7-16-8-4-10)12-17(14,15)13-5-1-2-6-13/h12H,1-9H2. The maximum atomic E-state index is 12.2. The number of hydrogen-bond acceptors (Lipinski definition) is 3. The van der Waals surface area contributed by atoms with Gasteiger partial charge in [-0.3, -0.25) is 0 Å². The zero-order valence-electron chi connectivity index (χ0n) is 9.82. The van der Waals surface area contributed by atoms with Gasteiger partial charge in [0.25, 0.3) is 10.2 Å². The van der Waals surface area contributed by atoms with Gasteiger partial charge in [-0.1, -0.05) is 15.9 Å². The van der Waals surface area contributed by atoms with E-state index in [-0.39, 0.29) is 5.54 Å². The lowest BCUT2D eigenvalue weighted by Crippen LogP contribution is -2.56. The van der Waals surface area contributed by atoms with Crippen LogP contribution in [0.2, 0.25) is 0 Å². The van der Waals surface area contributed by atoms with Crippen LogP contribution in [0.1, 0.15) is 25.7 Å². The molecule has 0 aliphatic carbocycles. The molecule has 2 aliphatic rings. The van der Waals surface area contributed by atoms with Crippen LogP contribution in [0.25, 0.3) is 0 Å². The highest BCUT2D eigenvalue weighted by Gasteiger charge is 2.38. The molecule has 2 aliphatic heterocycles. The lowest BCUT2D eigenvalue weighted by atomic mass is 9.94. The van der Waals surface area contributed by atoms with E-state index in [1.165, 1.54) is 0 Å². The van der Waals surface area contributed by atoms with E-state index in [0.29, 0.717) is 31.6 Å². The predicted octanol–water partition coefficient (Wildman–Crippen LogP) is 0.861. The van der Waals surface area contributed by atoms with Crippen LogP contribution in [0.5, 0.6) is 0 Å². The van der Waals surface area contributed by atoms with Crippen molar-refractivity contribution >= 4 is 26.1 Å². The van der Waals surface area contributed by atoms with Crippen molar-refractivity contribution < 1.29 is 13.2 Å². The van der Waals surface area contributed by atoms with E-state index in [4.69, 9.17) is 4.74 Å². The summed E-state index contributed by atoms with van der Waals surface area (Å²) < 4.78 is 34.2. The van der Waals surface area contributed by atoms with Gasteiger partial charge in [-0.25, -0.2) is 0 Å². The molecule has 2 saturated heterocycles. The molecule has 0 radical (unpaired) electrons. The van der Waals surface area contributed by atoms with E-state index in [1.54, 1.807) is 4.31 Å². The summed E-state index contributed by atoms with van der Waals surface area (Å²) in [5.41, 5.74) is -0.375. The Morgan fingerprint density at radius 3 is 2.35 bits per heavy atom. The van der Waals surface area contributed by atoms with Gasteiger partial charge >= 0.3 is 0 Å². The molecule has 7 heteroatoms. The van der Waals surface area contributed by atoms with Crippen molar-refractivity contribution in [2.45, 2.75) is 31.2 Å². The monoisotopic (exact) mass is 326 g/mol. The fourth-order valence-electron chi connectivity index (χ4n) is 2.29. The first-order chi connectivity index (χ1) is 8.08. The van der Waals surface area contributed by atoms with Crippen molar-refractivity contribution in [2.24, 2.45) is 0 Å². The first-order valence-corrected chi connectivity index (χ1v) is 8.57. The van der Waals surface area contributed by atoms with Crippen LogP contribution in [0.15, 0.2) is 0 Å². The quantitative estimate of drug-likeness (QED) is 0.779. The third kappa shape index (κ3) is 3.20. The van der Waals surface area contributed by atoms with Crippen LogP contribution in [-0.4, -0.2) is 49.9 Å². The summed E-state index contributed by atoms with van der Waals surface area (Å²) in [6.07, 6.45) is 3.38. The van der Waals surface area contributed by atoms with Crippen LogP contribution in [-0.2, 0) is 14.9 Å². The number of halogens is 1. The van der Waals surface area contributed by atoms with E-state index < -0.39 is 10.2 Å². The highest BCUT2D eigenvalue weighted by molar-refractivity contribution is 9.09. The maximum absolute atomic E-state index is 12.2. The summed E-state index contributed by atoms with van der Waals surface area (Å²) >= 11 is 3.43. The van der Waals surface area contributed by atoms with Crippen molar-refractivity contribution in [3.8, 4) is 0 Å². The molecular formula is C10H19BrN2O3S. The molecule has 0 aromatic rings. The summed E-state index contributed by atoms with van der Waals surface area (Å²) in [5.74, 6) is 0. The first kappa shape index (κ1) is 13.7. The van der Waals surface area contributed by atoms with Crippen LogP contribution in [0, 0.1) is 0 Å². The molecule has 2 fully saturated rings. The van der Waals surface area contributed by atoms with Gasteiger partial charge in [-0.05, 0) is 25.7 Å². The minimum atomic E-state index is -3.33. The number of ether oxygens (including phenoxy) is 1. The lowest BCUT2D eigenvalue weighted by Gasteiger charge is -2.37. The Morgan fingerprint density at radius 1 is 1.24 bits per heavy atom. The van der Waals surface area contributed by atoms with Crippen LogP contribution in [0.3, 0.4) is 0 Å². The largest absolute Gasteiger partial charge is 0.381 e. The first-order valence-electron chi connectivity index (χ1n) is 6.01. The predicted molar refractivity (Wildman–Crippen MR) is 69.4 cm³/mol. The zero-order chi connectivity index (χ0) is 12.4. The number of hydrogen-bond donors (Lipinski definition) is 1. The molecule has 1 N–H and O–H groups in total. The number of nitrogens with zero attached hydrogens (tertiary/aromatic N) is 1. The maximum Gasteiger partial charge on any atom is 0.279 e. The average molecular weight is 327 g/mol. The summed E-state index contributed by atoms with van der Waals surface area (Å²) in [7, 11) is -3.33.